The molecule has 4 rings (SSSR count). The summed E-state index contributed by atoms with van der Waals surface area (Å²) >= 11 is 18.6. The summed E-state index contributed by atoms with van der Waals surface area (Å²) in [6.45, 7) is 1.38. The molecule has 0 bridgehead atoms. The minimum atomic E-state index is 0.0138. The van der Waals surface area contributed by atoms with Crippen molar-refractivity contribution in [1.82, 2.24) is 19.9 Å². The number of allylic oxidation sites excluding steroid dienone is 7. The summed E-state index contributed by atoms with van der Waals surface area (Å²) in [5.41, 5.74) is 4.66. The molecule has 34 heavy (non-hydrogen) atoms. The number of nitrogens with zero attached hydrogens (tertiary/aromatic N) is 3. The van der Waals surface area contributed by atoms with Crippen LogP contribution in [0.1, 0.15) is 50.6 Å². The molecule has 0 radical (unpaired) electrons. The van der Waals surface area contributed by atoms with Gasteiger partial charge in [0.1, 0.15) is 13.7 Å². The van der Waals surface area contributed by atoms with Gasteiger partial charge in [0.15, 0.2) is 5.65 Å². The predicted molar refractivity (Wildman–Crippen MR) is 144 cm³/mol. The van der Waals surface area contributed by atoms with E-state index in [0.717, 1.165) is 77.4 Å². The zero-order chi connectivity index (χ0) is 24.1. The average Bonchev–Trinajstić information content (AvgIpc) is 3.19. The van der Waals surface area contributed by atoms with Crippen LogP contribution in [0.25, 0.3) is 11.2 Å². The van der Waals surface area contributed by atoms with Crippen molar-refractivity contribution in [2.45, 2.75) is 44.9 Å². The van der Waals surface area contributed by atoms with Gasteiger partial charge in [-0.15, -0.1) is 0 Å². The molecule has 10 heteroatoms. The molecular formula is C24H27BCl3N5O. The van der Waals surface area contributed by atoms with E-state index in [2.05, 4.69) is 21.8 Å². The van der Waals surface area contributed by atoms with Gasteiger partial charge in [0.2, 0.25) is 5.91 Å². The minimum Gasteiger partial charge on any atom is -0.370 e. The van der Waals surface area contributed by atoms with Crippen LogP contribution in [-0.4, -0.2) is 41.4 Å². The van der Waals surface area contributed by atoms with Gasteiger partial charge in [0, 0.05) is 47.4 Å². The van der Waals surface area contributed by atoms with Crippen molar-refractivity contribution in [1.29, 1.82) is 0 Å². The van der Waals surface area contributed by atoms with Crippen molar-refractivity contribution in [2.75, 3.05) is 18.4 Å². The number of amides is 1. The van der Waals surface area contributed by atoms with Gasteiger partial charge in [0.05, 0.1) is 10.7 Å². The highest BCUT2D eigenvalue weighted by Crippen LogP contribution is 2.31. The number of hydrogen-bond acceptors (Lipinski definition) is 4. The number of carbonyl (C=O) groups is 1. The summed E-state index contributed by atoms with van der Waals surface area (Å²) < 4.78 is 1.82. The molecule has 2 aromatic heterocycles. The molecule has 2 aliphatic carbocycles. The number of anilines is 1. The van der Waals surface area contributed by atoms with Crippen molar-refractivity contribution >= 4 is 71.1 Å². The molecule has 0 saturated carbocycles. The summed E-state index contributed by atoms with van der Waals surface area (Å²) in [4.78, 5) is 17.0. The molecule has 2 aliphatic rings. The summed E-state index contributed by atoms with van der Waals surface area (Å²) in [7, 11) is 2.00. The van der Waals surface area contributed by atoms with Gasteiger partial charge in [-0.05, 0) is 50.1 Å². The van der Waals surface area contributed by atoms with Crippen molar-refractivity contribution in [3.63, 3.8) is 0 Å². The molecule has 0 aliphatic heterocycles. The van der Waals surface area contributed by atoms with E-state index in [4.69, 9.17) is 39.8 Å². The Hall–Kier alpha value is -2.22. The second-order valence-corrected chi connectivity index (χ2v) is 9.88. The number of unbranched alkanes of at least 4 members (excludes halogenated alkanes) is 1. The Morgan fingerprint density at radius 2 is 1.94 bits per heavy atom. The monoisotopic (exact) mass is 517 g/mol. The second-order valence-electron chi connectivity index (χ2n) is 8.57. The van der Waals surface area contributed by atoms with Gasteiger partial charge in [-0.25, -0.2) is 4.98 Å². The average molecular weight is 519 g/mol. The first-order valence-electron chi connectivity index (χ1n) is 11.6. The van der Waals surface area contributed by atoms with Crippen LogP contribution in [0.2, 0.25) is 0 Å². The molecule has 0 saturated heterocycles. The van der Waals surface area contributed by atoms with Gasteiger partial charge >= 0.3 is 0 Å². The Morgan fingerprint density at radius 3 is 2.74 bits per heavy atom. The normalized spacial score (nSPS) is 16.3. The lowest BCUT2D eigenvalue weighted by Gasteiger charge is -2.14. The highest BCUT2D eigenvalue weighted by Gasteiger charge is 2.15. The maximum atomic E-state index is 12.2. The molecule has 2 N–H and O–H groups in total. The maximum Gasteiger partial charge on any atom is 0.224 e. The van der Waals surface area contributed by atoms with Crippen LogP contribution >= 0.6 is 34.8 Å². The van der Waals surface area contributed by atoms with Gasteiger partial charge in [0.25, 0.3) is 0 Å². The minimum absolute atomic E-state index is 0.0138. The van der Waals surface area contributed by atoms with Gasteiger partial charge in [-0.3, -0.25) is 4.79 Å². The highest BCUT2D eigenvalue weighted by atomic mass is 35.5. The quantitative estimate of drug-likeness (QED) is 0.382. The van der Waals surface area contributed by atoms with Crippen LogP contribution in [0.3, 0.4) is 0 Å². The smallest absolute Gasteiger partial charge is 0.224 e. The zero-order valence-electron chi connectivity index (χ0n) is 19.1. The van der Waals surface area contributed by atoms with Crippen LogP contribution in [-0.2, 0) is 4.79 Å². The van der Waals surface area contributed by atoms with E-state index < -0.39 is 0 Å². The topological polar surface area (TPSA) is 71.3 Å². The Morgan fingerprint density at radius 1 is 1.12 bits per heavy atom. The number of nitrogens with one attached hydrogen (secondary N) is 2. The first-order chi connectivity index (χ1) is 16.4. The molecule has 2 heterocycles. The van der Waals surface area contributed by atoms with Crippen LogP contribution in [0, 0.1) is 0 Å². The van der Waals surface area contributed by atoms with Crippen LogP contribution in [0.5, 0.6) is 0 Å². The molecule has 0 fully saturated rings. The van der Waals surface area contributed by atoms with Crippen LogP contribution < -0.4 is 16.1 Å². The number of fused-ring (bicyclic) bond motifs is 1. The van der Waals surface area contributed by atoms with E-state index >= 15 is 0 Å². The summed E-state index contributed by atoms with van der Waals surface area (Å²) in [5.74, 6) is 0.890. The number of aromatic nitrogens is 3. The maximum absolute atomic E-state index is 12.2. The largest absolute Gasteiger partial charge is 0.370 e. The number of rotatable bonds is 9. The Balaban J connectivity index is 1.29. The van der Waals surface area contributed by atoms with E-state index in [1.54, 1.807) is 0 Å². The lowest BCUT2D eigenvalue weighted by atomic mass is 10.00. The molecular weight excluding hydrogens is 491 g/mol. The van der Waals surface area contributed by atoms with E-state index in [1.807, 2.05) is 36.8 Å². The van der Waals surface area contributed by atoms with Crippen LogP contribution in [0.15, 0.2) is 51.2 Å². The molecule has 178 valence electrons. The fourth-order valence-corrected chi connectivity index (χ4v) is 4.69. The number of hydrogen-bond donors (Lipinski definition) is 2. The summed E-state index contributed by atoms with van der Waals surface area (Å²) in [6.07, 6.45) is 13.2. The fraction of sp³-hybridized carbons (Fsp3) is 0.375. The van der Waals surface area contributed by atoms with Crippen LogP contribution in [0.4, 0.5) is 5.82 Å². The van der Waals surface area contributed by atoms with E-state index in [-0.39, 0.29) is 5.91 Å². The second kappa shape index (κ2) is 11.5. The fourth-order valence-electron chi connectivity index (χ4n) is 4.02. The van der Waals surface area contributed by atoms with Crippen molar-refractivity contribution in [3.8, 4) is 0 Å². The summed E-state index contributed by atoms with van der Waals surface area (Å²) in [6, 6.07) is 2.00. The van der Waals surface area contributed by atoms with Crippen molar-refractivity contribution in [2.24, 2.45) is 0 Å². The Bertz CT molecular complexity index is 1210. The third-order valence-corrected chi connectivity index (χ3v) is 7.13. The zero-order valence-corrected chi connectivity index (χ0v) is 21.4. The van der Waals surface area contributed by atoms with E-state index in [9.17, 15) is 4.79 Å². The molecule has 6 nitrogen and oxygen atoms in total. The highest BCUT2D eigenvalue weighted by molar-refractivity contribution is 6.40. The van der Waals surface area contributed by atoms with Gasteiger partial charge in [-0.1, -0.05) is 52.5 Å². The standard InChI is InChI=1S/C24H27BCl3N5O/c25-17-14-31-33-22(13-21(32-24(17)33)16-5-1-2-6-18(16)26)29-9-3-4-10-30-23(34)12-15-7-8-19(27)20(28)11-15/h1,5,11,13-14,29H,2-4,6-10,12,25H2,(H,30,34). The lowest BCUT2D eigenvalue weighted by molar-refractivity contribution is -0.120. The van der Waals surface area contributed by atoms with Gasteiger partial charge < -0.3 is 10.6 Å². The summed E-state index contributed by atoms with van der Waals surface area (Å²) in [5, 5.41) is 13.0. The third kappa shape index (κ3) is 6.07. The molecule has 0 aromatic carbocycles. The van der Waals surface area contributed by atoms with E-state index in [0.29, 0.717) is 29.5 Å². The van der Waals surface area contributed by atoms with Crippen molar-refractivity contribution in [3.05, 3.63) is 56.9 Å². The molecule has 0 unspecified atom stereocenters. The number of halogens is 3. The number of carbonyl (C=O) groups excluding carboxylic acids is 1. The SMILES string of the molecule is Bc1cnn2c(NCCCCNC(=O)CC3=CC(Cl)=C(Cl)CC3)cc(C3=C(Cl)CCC=C3)nc12. The first kappa shape index (κ1) is 24.9. The van der Waals surface area contributed by atoms with Gasteiger partial charge in [-0.2, -0.15) is 9.61 Å². The Kier molecular flexibility index (Phi) is 8.40. The Labute approximate surface area is 215 Å². The van der Waals surface area contributed by atoms with Crippen molar-refractivity contribution < 1.29 is 4.79 Å². The molecule has 0 atom stereocenters. The third-order valence-electron chi connectivity index (χ3n) is 5.91. The van der Waals surface area contributed by atoms with E-state index in [1.165, 1.54) is 0 Å². The first-order valence-corrected chi connectivity index (χ1v) is 12.7. The predicted octanol–water partition coefficient (Wildman–Crippen LogP) is 4.40. The molecule has 2 aromatic rings. The molecule has 1 amide bonds. The lowest BCUT2D eigenvalue weighted by Crippen LogP contribution is -2.25. The molecule has 0 spiro atoms.